The topological polar surface area (TPSA) is 75.6 Å². The molecule has 6 heteroatoms. The number of carbonyl (C=O) groups excluding carboxylic acids is 1. The lowest BCUT2D eigenvalue weighted by molar-refractivity contribution is 0.0192. The number of methoxy groups -OCH3 is 1. The summed E-state index contributed by atoms with van der Waals surface area (Å²) in [6.45, 7) is 0.521. The second-order valence-electron chi connectivity index (χ2n) is 8.20. The fraction of sp³-hybridized carbons (Fsp3) is 0.375. The number of ether oxygens (including phenoxy) is 1. The number of aromatic nitrogens is 2. The van der Waals surface area contributed by atoms with Gasteiger partial charge in [0.05, 0.1) is 24.8 Å². The zero-order valence-electron chi connectivity index (χ0n) is 17.0. The first-order valence-electron chi connectivity index (χ1n) is 10.5. The third-order valence-electron chi connectivity index (χ3n) is 6.40. The van der Waals surface area contributed by atoms with Gasteiger partial charge in [-0.15, -0.1) is 0 Å². The van der Waals surface area contributed by atoms with Crippen molar-refractivity contribution < 1.29 is 14.6 Å². The molecule has 30 heavy (non-hydrogen) atoms. The van der Waals surface area contributed by atoms with E-state index in [9.17, 15) is 9.90 Å². The third-order valence-corrected chi connectivity index (χ3v) is 6.40. The SMILES string of the molecule is COc1cc(Cc2cc3c(c4ncccc24)CN(C2CCCCC2O)C3=O)ccn1. The van der Waals surface area contributed by atoms with Crippen LogP contribution in [0.15, 0.2) is 42.7 Å². The fourth-order valence-corrected chi connectivity index (χ4v) is 4.88. The summed E-state index contributed by atoms with van der Waals surface area (Å²) in [6, 6.07) is 9.80. The predicted molar refractivity (Wildman–Crippen MR) is 113 cm³/mol. The molecular weight excluding hydrogens is 378 g/mol. The standard InChI is InChI=1S/C24H25N3O3/c1-30-22-12-15(8-10-25-22)11-16-13-18-19(23-17(16)5-4-9-26-23)14-27(24(18)29)20-6-2-3-7-21(20)28/h4-5,8-10,12-13,20-21,28H,2-3,6-7,11,14H2,1H3. The van der Waals surface area contributed by atoms with Gasteiger partial charge in [0.15, 0.2) is 0 Å². The summed E-state index contributed by atoms with van der Waals surface area (Å²) >= 11 is 0. The number of pyridine rings is 2. The second kappa shape index (κ2) is 7.69. The lowest BCUT2D eigenvalue weighted by Gasteiger charge is -2.35. The molecule has 1 aliphatic heterocycles. The third kappa shape index (κ3) is 3.21. The largest absolute Gasteiger partial charge is 0.481 e. The normalized spacial score (nSPS) is 21.1. The van der Waals surface area contributed by atoms with Gasteiger partial charge in [-0.2, -0.15) is 0 Å². The molecule has 2 atom stereocenters. The number of aliphatic hydroxyl groups excluding tert-OH is 1. The van der Waals surface area contributed by atoms with Gasteiger partial charge in [0.25, 0.3) is 5.91 Å². The van der Waals surface area contributed by atoms with E-state index in [0.717, 1.165) is 58.8 Å². The van der Waals surface area contributed by atoms with Crippen LogP contribution in [0.3, 0.4) is 0 Å². The van der Waals surface area contributed by atoms with E-state index < -0.39 is 6.10 Å². The Labute approximate surface area is 175 Å². The van der Waals surface area contributed by atoms with Crippen LogP contribution in [0.4, 0.5) is 0 Å². The molecular formula is C24H25N3O3. The molecule has 1 aliphatic carbocycles. The van der Waals surface area contributed by atoms with E-state index >= 15 is 0 Å². The average Bonchev–Trinajstić information content (AvgIpc) is 3.11. The van der Waals surface area contributed by atoms with Gasteiger partial charge in [-0.3, -0.25) is 9.78 Å². The average molecular weight is 403 g/mol. The van der Waals surface area contributed by atoms with Crippen LogP contribution in [0.1, 0.15) is 52.7 Å². The number of benzene rings is 1. The van der Waals surface area contributed by atoms with Crippen LogP contribution in [-0.2, 0) is 13.0 Å². The molecule has 1 saturated carbocycles. The van der Waals surface area contributed by atoms with Crippen molar-refractivity contribution in [2.45, 2.75) is 50.8 Å². The number of hydrogen-bond donors (Lipinski definition) is 1. The van der Waals surface area contributed by atoms with Gasteiger partial charge in [0.1, 0.15) is 0 Å². The van der Waals surface area contributed by atoms with E-state index in [1.165, 1.54) is 0 Å². The van der Waals surface area contributed by atoms with Gasteiger partial charge in [-0.05, 0) is 48.6 Å². The van der Waals surface area contributed by atoms with Crippen molar-refractivity contribution in [2.24, 2.45) is 0 Å². The van der Waals surface area contributed by atoms with Gasteiger partial charge in [0.2, 0.25) is 5.88 Å². The van der Waals surface area contributed by atoms with Crippen LogP contribution in [0.5, 0.6) is 5.88 Å². The van der Waals surface area contributed by atoms with Crippen molar-refractivity contribution in [1.29, 1.82) is 0 Å². The van der Waals surface area contributed by atoms with E-state index in [-0.39, 0.29) is 11.9 Å². The first kappa shape index (κ1) is 19.0. The van der Waals surface area contributed by atoms with Crippen molar-refractivity contribution in [2.75, 3.05) is 7.11 Å². The van der Waals surface area contributed by atoms with E-state index in [1.807, 2.05) is 29.2 Å². The molecule has 0 spiro atoms. The number of fused-ring (bicyclic) bond motifs is 3. The highest BCUT2D eigenvalue weighted by Crippen LogP contribution is 2.36. The molecule has 5 rings (SSSR count). The molecule has 2 aliphatic rings. The number of nitrogens with zero attached hydrogens (tertiary/aromatic N) is 3. The molecule has 0 bridgehead atoms. The smallest absolute Gasteiger partial charge is 0.254 e. The van der Waals surface area contributed by atoms with Crippen LogP contribution in [-0.4, -0.2) is 45.1 Å². The maximum absolute atomic E-state index is 13.3. The molecule has 3 heterocycles. The van der Waals surface area contributed by atoms with Crippen LogP contribution < -0.4 is 4.74 Å². The summed E-state index contributed by atoms with van der Waals surface area (Å²) in [4.78, 5) is 24.0. The summed E-state index contributed by atoms with van der Waals surface area (Å²) in [7, 11) is 1.60. The summed E-state index contributed by atoms with van der Waals surface area (Å²) in [5.41, 5.74) is 4.70. The molecule has 2 aromatic heterocycles. The van der Waals surface area contributed by atoms with E-state index in [1.54, 1.807) is 19.5 Å². The van der Waals surface area contributed by atoms with E-state index in [2.05, 4.69) is 16.0 Å². The maximum atomic E-state index is 13.3. The molecule has 1 aromatic carbocycles. The molecule has 3 aromatic rings. The lowest BCUT2D eigenvalue weighted by Crippen LogP contribution is -2.45. The number of rotatable bonds is 4. The summed E-state index contributed by atoms with van der Waals surface area (Å²) in [5, 5.41) is 11.6. The van der Waals surface area contributed by atoms with Crippen LogP contribution in [0.25, 0.3) is 10.9 Å². The second-order valence-corrected chi connectivity index (χ2v) is 8.20. The minimum Gasteiger partial charge on any atom is -0.481 e. The molecule has 1 fully saturated rings. The Morgan fingerprint density at radius 3 is 2.87 bits per heavy atom. The first-order valence-corrected chi connectivity index (χ1v) is 10.5. The van der Waals surface area contributed by atoms with Gasteiger partial charge in [-0.25, -0.2) is 4.98 Å². The molecule has 1 N–H and O–H groups in total. The van der Waals surface area contributed by atoms with Crippen molar-refractivity contribution in [3.63, 3.8) is 0 Å². The van der Waals surface area contributed by atoms with Crippen LogP contribution in [0.2, 0.25) is 0 Å². The van der Waals surface area contributed by atoms with Gasteiger partial charge < -0.3 is 14.7 Å². The number of carbonyl (C=O) groups is 1. The molecule has 0 saturated heterocycles. The predicted octanol–water partition coefficient (Wildman–Crippen LogP) is 3.49. The molecule has 6 nitrogen and oxygen atoms in total. The lowest BCUT2D eigenvalue weighted by atomic mass is 9.91. The van der Waals surface area contributed by atoms with Gasteiger partial charge in [0, 0.05) is 41.5 Å². The van der Waals surface area contributed by atoms with Crippen molar-refractivity contribution >= 4 is 16.8 Å². The minimum atomic E-state index is -0.444. The summed E-state index contributed by atoms with van der Waals surface area (Å²) in [5.74, 6) is 0.585. The summed E-state index contributed by atoms with van der Waals surface area (Å²) < 4.78 is 5.25. The van der Waals surface area contributed by atoms with Gasteiger partial charge in [-0.1, -0.05) is 18.9 Å². The Balaban J connectivity index is 1.56. The Bertz CT molecular complexity index is 1110. The molecule has 2 unspecified atom stereocenters. The van der Waals surface area contributed by atoms with Gasteiger partial charge >= 0.3 is 0 Å². The van der Waals surface area contributed by atoms with E-state index in [4.69, 9.17) is 4.74 Å². The quantitative estimate of drug-likeness (QED) is 0.722. The number of aliphatic hydroxyl groups is 1. The fourth-order valence-electron chi connectivity index (χ4n) is 4.88. The van der Waals surface area contributed by atoms with Crippen molar-refractivity contribution in [3.8, 4) is 5.88 Å². The van der Waals surface area contributed by atoms with Crippen LogP contribution >= 0.6 is 0 Å². The molecule has 0 radical (unpaired) electrons. The first-order chi connectivity index (χ1) is 14.7. The Hall–Kier alpha value is -2.99. The minimum absolute atomic E-state index is 0.0112. The maximum Gasteiger partial charge on any atom is 0.254 e. The number of hydrogen-bond acceptors (Lipinski definition) is 5. The Morgan fingerprint density at radius 2 is 2.03 bits per heavy atom. The van der Waals surface area contributed by atoms with Crippen molar-refractivity contribution in [1.82, 2.24) is 14.9 Å². The number of amides is 1. The monoisotopic (exact) mass is 403 g/mol. The summed E-state index contributed by atoms with van der Waals surface area (Å²) in [6.07, 6.45) is 7.43. The Kier molecular flexibility index (Phi) is 4.87. The molecule has 1 amide bonds. The van der Waals surface area contributed by atoms with Crippen LogP contribution in [0, 0.1) is 0 Å². The zero-order valence-corrected chi connectivity index (χ0v) is 17.0. The Morgan fingerprint density at radius 1 is 1.17 bits per heavy atom. The highest BCUT2D eigenvalue weighted by atomic mass is 16.5. The highest BCUT2D eigenvalue weighted by Gasteiger charge is 2.38. The van der Waals surface area contributed by atoms with E-state index in [0.29, 0.717) is 18.8 Å². The molecule has 154 valence electrons. The highest BCUT2D eigenvalue weighted by molar-refractivity contribution is 6.04. The zero-order chi connectivity index (χ0) is 20.7. The van der Waals surface area contributed by atoms with Crippen molar-refractivity contribution in [3.05, 3.63) is 65.0 Å².